The van der Waals surface area contributed by atoms with Crippen molar-refractivity contribution in [2.24, 2.45) is 0 Å². The summed E-state index contributed by atoms with van der Waals surface area (Å²) in [6.07, 6.45) is -2.81. The van der Waals surface area contributed by atoms with Gasteiger partial charge >= 0.3 is 12.1 Å². The molecule has 0 heterocycles. The number of ether oxygens (including phenoxy) is 2. The van der Waals surface area contributed by atoms with Crippen molar-refractivity contribution in [1.82, 2.24) is 4.90 Å². The first-order valence-corrected chi connectivity index (χ1v) is 9.85. The molecule has 0 saturated heterocycles. The summed E-state index contributed by atoms with van der Waals surface area (Å²) in [5, 5.41) is 0. The molecule has 1 saturated carbocycles. The maximum Gasteiger partial charge on any atom is 0.416 e. The zero-order valence-electron chi connectivity index (χ0n) is 17.6. The van der Waals surface area contributed by atoms with Gasteiger partial charge in [0.25, 0.3) is 0 Å². The van der Waals surface area contributed by atoms with Crippen LogP contribution in [-0.4, -0.2) is 37.0 Å². The first-order chi connectivity index (χ1) is 14.6. The van der Waals surface area contributed by atoms with Gasteiger partial charge in [0.05, 0.1) is 26.2 Å². The Morgan fingerprint density at radius 3 is 2.32 bits per heavy atom. The predicted molar refractivity (Wildman–Crippen MR) is 108 cm³/mol. The summed E-state index contributed by atoms with van der Waals surface area (Å²) < 4.78 is 50.4. The van der Waals surface area contributed by atoms with Crippen molar-refractivity contribution in [1.29, 1.82) is 0 Å². The molecule has 0 unspecified atom stereocenters. The van der Waals surface area contributed by atoms with Crippen LogP contribution in [0.5, 0.6) is 5.75 Å². The normalized spacial score (nSPS) is 13.6. The lowest BCUT2D eigenvalue weighted by molar-refractivity contribution is -0.140. The van der Waals surface area contributed by atoms with Gasteiger partial charge in [-0.2, -0.15) is 13.2 Å². The third-order valence-electron chi connectivity index (χ3n) is 5.30. The third kappa shape index (κ3) is 5.37. The number of hydrogen-bond acceptors (Lipinski definition) is 4. The van der Waals surface area contributed by atoms with Crippen LogP contribution in [-0.2, 0) is 33.5 Å². The molecule has 0 aromatic heterocycles. The third-order valence-corrected chi connectivity index (χ3v) is 5.30. The highest BCUT2D eigenvalue weighted by Gasteiger charge is 2.34. The minimum Gasteiger partial charge on any atom is -0.496 e. The van der Waals surface area contributed by atoms with Gasteiger partial charge in [0.15, 0.2) is 0 Å². The largest absolute Gasteiger partial charge is 0.496 e. The first kappa shape index (κ1) is 22.7. The van der Waals surface area contributed by atoms with Crippen LogP contribution < -0.4 is 4.74 Å². The second kappa shape index (κ2) is 8.99. The lowest BCUT2D eigenvalue weighted by Crippen LogP contribution is -2.30. The molecule has 5 nitrogen and oxygen atoms in total. The molecule has 1 aliphatic carbocycles. The van der Waals surface area contributed by atoms with E-state index in [-0.39, 0.29) is 24.9 Å². The Hall–Kier alpha value is -3.03. The maximum atomic E-state index is 13.4. The topological polar surface area (TPSA) is 55.8 Å². The van der Waals surface area contributed by atoms with Crippen LogP contribution in [0.3, 0.4) is 0 Å². The van der Waals surface area contributed by atoms with Crippen LogP contribution in [0, 0.1) is 0 Å². The smallest absolute Gasteiger partial charge is 0.416 e. The van der Waals surface area contributed by atoms with Gasteiger partial charge in [-0.05, 0) is 53.8 Å². The number of rotatable bonds is 7. The van der Waals surface area contributed by atoms with Gasteiger partial charge in [-0.1, -0.05) is 12.1 Å². The van der Waals surface area contributed by atoms with E-state index in [9.17, 15) is 22.8 Å². The minimum atomic E-state index is -4.51. The van der Waals surface area contributed by atoms with E-state index in [1.807, 2.05) is 0 Å². The maximum absolute atomic E-state index is 13.4. The molecule has 3 rings (SSSR count). The van der Waals surface area contributed by atoms with Gasteiger partial charge in [-0.15, -0.1) is 0 Å². The molecule has 2 aromatic rings. The molecular weight excluding hydrogens is 411 g/mol. The molecule has 0 aliphatic heterocycles. The Morgan fingerprint density at radius 1 is 1.06 bits per heavy atom. The van der Waals surface area contributed by atoms with Gasteiger partial charge in [0.2, 0.25) is 5.91 Å². The van der Waals surface area contributed by atoms with E-state index in [0.29, 0.717) is 28.0 Å². The van der Waals surface area contributed by atoms with E-state index in [4.69, 9.17) is 9.47 Å². The summed E-state index contributed by atoms with van der Waals surface area (Å²) in [7, 11) is 2.75. The van der Waals surface area contributed by atoms with Crippen molar-refractivity contribution in [2.75, 3.05) is 14.2 Å². The number of amides is 1. The zero-order valence-corrected chi connectivity index (χ0v) is 17.6. The summed E-state index contributed by atoms with van der Waals surface area (Å²) >= 11 is 0. The fraction of sp³-hybridized carbons (Fsp3) is 0.391. The average molecular weight is 435 g/mol. The van der Waals surface area contributed by atoms with Crippen LogP contribution in [0.2, 0.25) is 0 Å². The highest BCUT2D eigenvalue weighted by Crippen LogP contribution is 2.39. The molecule has 0 bridgehead atoms. The van der Waals surface area contributed by atoms with E-state index in [0.717, 1.165) is 25.0 Å². The molecule has 0 radical (unpaired) electrons. The standard InChI is InChI=1S/C23H24F3NO4/c1-14(28)27(18-6-7-18)13-16-12-17(23(24,25)26)5-8-19(16)20-10-15(11-22(29)31-3)4-9-21(20)30-2/h4-5,8-10,12,18H,6-7,11,13H2,1-3H3. The van der Waals surface area contributed by atoms with Crippen molar-refractivity contribution in [2.45, 2.75) is 44.9 Å². The second-order valence-electron chi connectivity index (χ2n) is 7.54. The molecule has 0 N–H and O–H groups in total. The summed E-state index contributed by atoms with van der Waals surface area (Å²) in [6, 6.07) is 8.61. The van der Waals surface area contributed by atoms with Gasteiger partial charge < -0.3 is 14.4 Å². The number of carbonyl (C=O) groups excluding carboxylic acids is 2. The van der Waals surface area contributed by atoms with Crippen LogP contribution in [0.4, 0.5) is 13.2 Å². The van der Waals surface area contributed by atoms with Crippen molar-refractivity contribution in [3.05, 3.63) is 53.1 Å². The van der Waals surface area contributed by atoms with Gasteiger partial charge in [-0.25, -0.2) is 0 Å². The Morgan fingerprint density at radius 2 is 1.77 bits per heavy atom. The quantitative estimate of drug-likeness (QED) is 0.596. The van der Waals surface area contributed by atoms with Crippen molar-refractivity contribution in [3.63, 3.8) is 0 Å². The number of carbonyl (C=O) groups is 2. The number of nitrogens with zero attached hydrogens (tertiary/aromatic N) is 1. The SMILES string of the molecule is COC(=O)Cc1ccc(OC)c(-c2ccc(C(F)(F)F)cc2CN(C(C)=O)C2CC2)c1. The second-order valence-corrected chi connectivity index (χ2v) is 7.54. The van der Waals surface area contributed by atoms with Crippen LogP contribution in [0.25, 0.3) is 11.1 Å². The highest BCUT2D eigenvalue weighted by atomic mass is 19.4. The molecule has 1 fully saturated rings. The summed E-state index contributed by atoms with van der Waals surface area (Å²) in [5.74, 6) is -0.159. The first-order valence-electron chi connectivity index (χ1n) is 9.85. The van der Waals surface area contributed by atoms with E-state index in [1.165, 1.54) is 27.2 Å². The van der Waals surface area contributed by atoms with Crippen molar-refractivity contribution in [3.8, 4) is 16.9 Å². The molecule has 0 spiro atoms. The fourth-order valence-electron chi connectivity index (χ4n) is 3.55. The Labute approximate surface area is 178 Å². The van der Waals surface area contributed by atoms with Crippen LogP contribution in [0.15, 0.2) is 36.4 Å². The molecule has 8 heteroatoms. The molecule has 166 valence electrons. The Bertz CT molecular complexity index is 983. The monoisotopic (exact) mass is 435 g/mol. The number of hydrogen-bond donors (Lipinski definition) is 0. The Balaban J connectivity index is 2.11. The van der Waals surface area contributed by atoms with Crippen LogP contribution >= 0.6 is 0 Å². The van der Waals surface area contributed by atoms with E-state index >= 15 is 0 Å². The van der Waals surface area contributed by atoms with Crippen molar-refractivity contribution < 1.29 is 32.2 Å². The molecule has 1 aliphatic rings. The number of halogens is 3. The molecule has 0 atom stereocenters. The summed E-state index contributed by atoms with van der Waals surface area (Å²) in [4.78, 5) is 25.4. The van der Waals surface area contributed by atoms with E-state index < -0.39 is 17.7 Å². The molecular formula is C23H24F3NO4. The molecule has 2 aromatic carbocycles. The Kier molecular flexibility index (Phi) is 6.57. The predicted octanol–water partition coefficient (Wildman–Crippen LogP) is 4.61. The summed E-state index contributed by atoms with van der Waals surface area (Å²) in [6.45, 7) is 1.48. The number of esters is 1. The minimum absolute atomic E-state index is 0.0190. The molecule has 1 amide bonds. The number of methoxy groups -OCH3 is 2. The number of benzene rings is 2. The lowest BCUT2D eigenvalue weighted by atomic mass is 9.94. The summed E-state index contributed by atoms with van der Waals surface area (Å²) in [5.41, 5.74) is 1.29. The molecule has 31 heavy (non-hydrogen) atoms. The number of alkyl halides is 3. The van der Waals surface area contributed by atoms with Crippen LogP contribution in [0.1, 0.15) is 36.5 Å². The lowest BCUT2D eigenvalue weighted by Gasteiger charge is -2.24. The average Bonchev–Trinajstić information content (AvgIpc) is 3.56. The highest BCUT2D eigenvalue weighted by molar-refractivity contribution is 5.79. The van der Waals surface area contributed by atoms with Gasteiger partial charge in [0.1, 0.15) is 5.75 Å². The van der Waals surface area contributed by atoms with E-state index in [2.05, 4.69) is 0 Å². The fourth-order valence-corrected chi connectivity index (χ4v) is 3.55. The van der Waals surface area contributed by atoms with Gasteiger partial charge in [-0.3, -0.25) is 9.59 Å². The van der Waals surface area contributed by atoms with Gasteiger partial charge in [0, 0.05) is 25.1 Å². The zero-order chi connectivity index (χ0) is 22.8. The van der Waals surface area contributed by atoms with E-state index in [1.54, 1.807) is 23.1 Å². The van der Waals surface area contributed by atoms with Crippen molar-refractivity contribution >= 4 is 11.9 Å².